The summed E-state index contributed by atoms with van der Waals surface area (Å²) >= 11 is 1.65. The first-order valence-corrected chi connectivity index (χ1v) is 10.1. The summed E-state index contributed by atoms with van der Waals surface area (Å²) < 4.78 is 14.7. The van der Waals surface area contributed by atoms with Gasteiger partial charge >= 0.3 is 0 Å². The molecule has 27 heavy (non-hydrogen) atoms. The second-order valence-electron chi connectivity index (χ2n) is 6.83. The van der Waals surface area contributed by atoms with E-state index in [0.717, 1.165) is 41.5 Å². The molecular formula is C21H22FN3OS. The third-order valence-corrected chi connectivity index (χ3v) is 6.18. The zero-order chi connectivity index (χ0) is 18.8. The number of hydrogen-bond acceptors (Lipinski definition) is 4. The molecule has 1 aromatic carbocycles. The van der Waals surface area contributed by atoms with Gasteiger partial charge in [0.25, 0.3) is 5.56 Å². The van der Waals surface area contributed by atoms with Gasteiger partial charge in [-0.15, -0.1) is 17.9 Å². The minimum absolute atomic E-state index is 0.0172. The highest BCUT2D eigenvalue weighted by Gasteiger charge is 2.21. The number of allylic oxidation sites excluding steroid dienone is 1. The van der Waals surface area contributed by atoms with E-state index in [2.05, 4.69) is 11.9 Å². The standard InChI is InChI=1S/C21H22FN3OS/c1-2-13-25-20(26)18-16-5-3-4-6-17(16)27-19(18)24-21(25)23-12-11-14-7-9-15(22)10-8-14/h2,7-10H,1,3-6,11-13H2,(H,23,24). The zero-order valence-electron chi connectivity index (χ0n) is 15.1. The van der Waals surface area contributed by atoms with Crippen molar-refractivity contribution in [3.8, 4) is 0 Å². The molecule has 4 nitrogen and oxygen atoms in total. The number of anilines is 1. The van der Waals surface area contributed by atoms with E-state index in [1.807, 2.05) is 0 Å². The number of aromatic nitrogens is 2. The first-order chi connectivity index (χ1) is 13.2. The summed E-state index contributed by atoms with van der Waals surface area (Å²) in [5, 5.41) is 4.08. The van der Waals surface area contributed by atoms with E-state index in [9.17, 15) is 9.18 Å². The maximum atomic E-state index is 13.1. The summed E-state index contributed by atoms with van der Waals surface area (Å²) in [4.78, 5) is 20.1. The topological polar surface area (TPSA) is 46.9 Å². The first kappa shape index (κ1) is 17.9. The average Bonchev–Trinajstić information content (AvgIpc) is 3.05. The lowest BCUT2D eigenvalue weighted by molar-refractivity contribution is 0.627. The molecule has 0 aliphatic heterocycles. The molecule has 4 rings (SSSR count). The smallest absolute Gasteiger partial charge is 0.264 e. The molecule has 0 fully saturated rings. The first-order valence-electron chi connectivity index (χ1n) is 9.31. The van der Waals surface area contributed by atoms with Crippen LogP contribution in [0.2, 0.25) is 0 Å². The van der Waals surface area contributed by atoms with Gasteiger partial charge in [0.1, 0.15) is 10.6 Å². The van der Waals surface area contributed by atoms with E-state index in [0.29, 0.717) is 19.0 Å². The summed E-state index contributed by atoms with van der Waals surface area (Å²) in [6.45, 7) is 4.82. The fourth-order valence-corrected chi connectivity index (χ4v) is 4.89. The Hall–Kier alpha value is -2.47. The van der Waals surface area contributed by atoms with E-state index in [1.54, 1.807) is 34.1 Å². The van der Waals surface area contributed by atoms with Crippen molar-refractivity contribution in [3.63, 3.8) is 0 Å². The van der Waals surface area contributed by atoms with E-state index in [4.69, 9.17) is 4.98 Å². The molecule has 0 unspecified atom stereocenters. The maximum Gasteiger partial charge on any atom is 0.264 e. The fraction of sp³-hybridized carbons (Fsp3) is 0.333. The molecule has 140 valence electrons. The minimum Gasteiger partial charge on any atom is -0.355 e. The number of benzene rings is 1. The normalized spacial score (nSPS) is 13.5. The van der Waals surface area contributed by atoms with Gasteiger partial charge in [-0.1, -0.05) is 18.2 Å². The Morgan fingerprint density at radius 2 is 2.04 bits per heavy atom. The molecule has 1 aliphatic rings. The van der Waals surface area contributed by atoms with E-state index in [1.165, 1.54) is 29.0 Å². The summed E-state index contributed by atoms with van der Waals surface area (Å²) in [5.41, 5.74) is 2.26. The number of halogens is 1. The lowest BCUT2D eigenvalue weighted by Crippen LogP contribution is -2.25. The van der Waals surface area contributed by atoms with Crippen LogP contribution in [0.3, 0.4) is 0 Å². The molecule has 0 spiro atoms. The average molecular weight is 383 g/mol. The molecule has 1 N–H and O–H groups in total. The fourth-order valence-electron chi connectivity index (χ4n) is 3.64. The monoisotopic (exact) mass is 383 g/mol. The molecule has 0 saturated heterocycles. The molecule has 0 amide bonds. The van der Waals surface area contributed by atoms with E-state index in [-0.39, 0.29) is 11.4 Å². The van der Waals surface area contributed by atoms with Crippen molar-refractivity contribution in [1.82, 2.24) is 9.55 Å². The highest BCUT2D eigenvalue weighted by molar-refractivity contribution is 7.18. The molecular weight excluding hydrogens is 361 g/mol. The zero-order valence-corrected chi connectivity index (χ0v) is 15.9. The van der Waals surface area contributed by atoms with Crippen LogP contribution in [0.5, 0.6) is 0 Å². The van der Waals surface area contributed by atoms with Gasteiger partial charge in [-0.05, 0) is 55.4 Å². The molecule has 6 heteroatoms. The lowest BCUT2D eigenvalue weighted by atomic mass is 9.97. The second-order valence-corrected chi connectivity index (χ2v) is 7.92. The Morgan fingerprint density at radius 1 is 1.26 bits per heavy atom. The summed E-state index contributed by atoms with van der Waals surface area (Å²) in [6.07, 6.45) is 6.78. The highest BCUT2D eigenvalue weighted by atomic mass is 32.1. The summed E-state index contributed by atoms with van der Waals surface area (Å²) in [6, 6.07) is 6.47. The van der Waals surface area contributed by atoms with Gasteiger partial charge in [0.05, 0.1) is 5.39 Å². The van der Waals surface area contributed by atoms with Gasteiger partial charge in [-0.2, -0.15) is 0 Å². The van der Waals surface area contributed by atoms with Crippen LogP contribution >= 0.6 is 11.3 Å². The molecule has 0 atom stereocenters. The Morgan fingerprint density at radius 3 is 2.81 bits per heavy atom. The Balaban J connectivity index is 1.64. The number of nitrogens with one attached hydrogen (secondary N) is 1. The molecule has 0 radical (unpaired) electrons. The van der Waals surface area contributed by atoms with Crippen molar-refractivity contribution < 1.29 is 4.39 Å². The Kier molecular flexibility index (Phi) is 5.07. The number of fused-ring (bicyclic) bond motifs is 3. The predicted molar refractivity (Wildman–Crippen MR) is 109 cm³/mol. The predicted octanol–water partition coefficient (Wildman–Crippen LogP) is 4.32. The van der Waals surface area contributed by atoms with Gasteiger partial charge in [0, 0.05) is 18.0 Å². The van der Waals surface area contributed by atoms with Gasteiger partial charge < -0.3 is 5.32 Å². The lowest BCUT2D eigenvalue weighted by Gasteiger charge is -2.13. The van der Waals surface area contributed by atoms with Crippen LogP contribution in [-0.4, -0.2) is 16.1 Å². The number of aryl methyl sites for hydroxylation is 2. The minimum atomic E-state index is -0.236. The molecule has 2 heterocycles. The highest BCUT2D eigenvalue weighted by Crippen LogP contribution is 2.34. The largest absolute Gasteiger partial charge is 0.355 e. The second kappa shape index (κ2) is 7.64. The number of rotatable bonds is 6. The van der Waals surface area contributed by atoms with Crippen molar-refractivity contribution in [2.75, 3.05) is 11.9 Å². The third kappa shape index (κ3) is 3.54. The van der Waals surface area contributed by atoms with Crippen LogP contribution in [0.15, 0.2) is 41.7 Å². The maximum absolute atomic E-state index is 13.1. The van der Waals surface area contributed by atoms with Crippen LogP contribution in [0.25, 0.3) is 10.2 Å². The van der Waals surface area contributed by atoms with Crippen LogP contribution in [-0.2, 0) is 25.8 Å². The molecule has 2 aromatic heterocycles. The van der Waals surface area contributed by atoms with Gasteiger partial charge in [0.15, 0.2) is 0 Å². The summed E-state index contributed by atoms with van der Waals surface area (Å²) in [7, 11) is 0. The molecule has 1 aliphatic carbocycles. The SMILES string of the molecule is C=CCn1c(NCCc2ccc(F)cc2)nc2sc3c(c2c1=O)CCCC3. The third-order valence-electron chi connectivity index (χ3n) is 5.00. The van der Waals surface area contributed by atoms with Crippen molar-refractivity contribution in [2.45, 2.75) is 38.6 Å². The molecule has 3 aromatic rings. The molecule has 0 saturated carbocycles. The van der Waals surface area contributed by atoms with E-state index >= 15 is 0 Å². The van der Waals surface area contributed by atoms with Crippen LogP contribution in [0.1, 0.15) is 28.8 Å². The van der Waals surface area contributed by atoms with Crippen LogP contribution in [0, 0.1) is 5.82 Å². The van der Waals surface area contributed by atoms with Gasteiger partial charge in [-0.3, -0.25) is 9.36 Å². The Labute approximate surface area is 161 Å². The molecule has 0 bridgehead atoms. The van der Waals surface area contributed by atoms with Crippen molar-refractivity contribution >= 4 is 27.5 Å². The quantitative estimate of drug-likeness (QED) is 0.645. The van der Waals surface area contributed by atoms with Crippen LogP contribution < -0.4 is 10.9 Å². The van der Waals surface area contributed by atoms with Crippen molar-refractivity contribution in [1.29, 1.82) is 0 Å². The van der Waals surface area contributed by atoms with Crippen LogP contribution in [0.4, 0.5) is 10.3 Å². The van der Waals surface area contributed by atoms with Crippen molar-refractivity contribution in [2.24, 2.45) is 0 Å². The van der Waals surface area contributed by atoms with Crippen molar-refractivity contribution in [3.05, 3.63) is 69.1 Å². The van der Waals surface area contributed by atoms with E-state index < -0.39 is 0 Å². The number of thiophene rings is 1. The Bertz CT molecular complexity index is 1040. The summed E-state index contributed by atoms with van der Waals surface area (Å²) in [5.74, 6) is 0.341. The number of hydrogen-bond donors (Lipinski definition) is 1. The van der Waals surface area contributed by atoms with Gasteiger partial charge in [0.2, 0.25) is 5.95 Å². The number of nitrogens with zero attached hydrogens (tertiary/aromatic N) is 2. The van der Waals surface area contributed by atoms with Gasteiger partial charge in [-0.25, -0.2) is 9.37 Å².